The number of hydrogen-bond donors (Lipinski definition) is 1. The highest BCUT2D eigenvalue weighted by molar-refractivity contribution is 9.10. The first-order chi connectivity index (χ1) is 8.06. The molecule has 0 aliphatic heterocycles. The van der Waals surface area contributed by atoms with E-state index in [1.54, 1.807) is 17.1 Å². The molecule has 0 spiro atoms. The predicted octanol–water partition coefficient (Wildman–Crippen LogP) is 2.16. The number of aliphatic hydroxyl groups is 1. The summed E-state index contributed by atoms with van der Waals surface area (Å²) in [5.74, 6) is 0. The summed E-state index contributed by atoms with van der Waals surface area (Å²) in [5.41, 5.74) is 2.72. The fraction of sp³-hybridized carbons (Fsp3) is 0.333. The molecule has 0 saturated carbocycles. The van der Waals surface area contributed by atoms with E-state index in [1.807, 2.05) is 26.1 Å². The van der Waals surface area contributed by atoms with Crippen molar-refractivity contribution in [2.24, 2.45) is 7.05 Å². The van der Waals surface area contributed by atoms with Gasteiger partial charge >= 0.3 is 0 Å². The van der Waals surface area contributed by atoms with Crippen LogP contribution in [0.25, 0.3) is 0 Å². The molecule has 0 fully saturated rings. The topological polar surface area (TPSA) is 50.9 Å². The fourth-order valence-corrected chi connectivity index (χ4v) is 2.25. The standard InChI is InChI=1S/C12H14BrN3O/c1-8-3-11(16(2)15-8)12(17)5-9-4-10(13)7-14-6-9/h3-4,6-7,12,17H,5H2,1-2H3. The lowest BCUT2D eigenvalue weighted by Gasteiger charge is -2.10. The number of nitrogens with zero attached hydrogens (tertiary/aromatic N) is 3. The summed E-state index contributed by atoms with van der Waals surface area (Å²) >= 11 is 3.37. The molecule has 90 valence electrons. The molecule has 0 amide bonds. The third-order valence-electron chi connectivity index (χ3n) is 2.57. The summed E-state index contributed by atoms with van der Waals surface area (Å²) in [7, 11) is 1.84. The van der Waals surface area contributed by atoms with E-state index in [4.69, 9.17) is 0 Å². The van der Waals surface area contributed by atoms with Crippen molar-refractivity contribution in [2.75, 3.05) is 0 Å². The number of aryl methyl sites for hydroxylation is 2. The maximum absolute atomic E-state index is 10.2. The number of aliphatic hydroxyl groups excluding tert-OH is 1. The summed E-state index contributed by atoms with van der Waals surface area (Å²) in [5, 5.41) is 14.4. The van der Waals surface area contributed by atoms with Gasteiger partial charge in [-0.25, -0.2) is 0 Å². The average molecular weight is 296 g/mol. The Morgan fingerprint density at radius 2 is 2.18 bits per heavy atom. The van der Waals surface area contributed by atoms with Crippen LogP contribution < -0.4 is 0 Å². The van der Waals surface area contributed by atoms with Gasteiger partial charge < -0.3 is 5.11 Å². The number of aromatic nitrogens is 3. The molecule has 0 saturated heterocycles. The Balaban J connectivity index is 2.16. The zero-order valence-corrected chi connectivity index (χ0v) is 11.3. The summed E-state index contributed by atoms with van der Waals surface area (Å²) in [4.78, 5) is 4.08. The van der Waals surface area contributed by atoms with Gasteiger partial charge in [-0.05, 0) is 40.5 Å². The third-order valence-corrected chi connectivity index (χ3v) is 3.00. The Hall–Kier alpha value is -1.20. The van der Waals surface area contributed by atoms with E-state index in [-0.39, 0.29) is 0 Å². The summed E-state index contributed by atoms with van der Waals surface area (Å²) in [6.07, 6.45) is 3.46. The van der Waals surface area contributed by atoms with Crippen molar-refractivity contribution in [3.8, 4) is 0 Å². The molecule has 4 nitrogen and oxygen atoms in total. The van der Waals surface area contributed by atoms with Crippen LogP contribution in [0.2, 0.25) is 0 Å². The maximum Gasteiger partial charge on any atom is 0.0997 e. The van der Waals surface area contributed by atoms with E-state index < -0.39 is 6.10 Å². The maximum atomic E-state index is 10.2. The van der Waals surface area contributed by atoms with Crippen molar-refractivity contribution in [2.45, 2.75) is 19.4 Å². The second-order valence-corrected chi connectivity index (χ2v) is 4.98. The van der Waals surface area contributed by atoms with E-state index in [0.717, 1.165) is 21.4 Å². The van der Waals surface area contributed by atoms with E-state index in [1.165, 1.54) is 0 Å². The van der Waals surface area contributed by atoms with Crippen LogP contribution in [-0.4, -0.2) is 19.9 Å². The first kappa shape index (κ1) is 12.3. The molecule has 5 heteroatoms. The molecule has 0 aliphatic carbocycles. The Morgan fingerprint density at radius 3 is 2.76 bits per heavy atom. The van der Waals surface area contributed by atoms with Crippen LogP contribution in [0.1, 0.15) is 23.1 Å². The molecular formula is C12H14BrN3O. The molecule has 1 atom stereocenters. The number of hydrogen-bond acceptors (Lipinski definition) is 3. The van der Waals surface area contributed by atoms with Gasteiger partial charge in [0.2, 0.25) is 0 Å². The van der Waals surface area contributed by atoms with Gasteiger partial charge in [0.15, 0.2) is 0 Å². The van der Waals surface area contributed by atoms with Crippen molar-refractivity contribution in [3.63, 3.8) is 0 Å². The van der Waals surface area contributed by atoms with Gasteiger partial charge in [-0.15, -0.1) is 0 Å². The normalized spacial score (nSPS) is 12.7. The monoisotopic (exact) mass is 295 g/mol. The zero-order valence-electron chi connectivity index (χ0n) is 9.76. The molecule has 0 bridgehead atoms. The highest BCUT2D eigenvalue weighted by atomic mass is 79.9. The highest BCUT2D eigenvalue weighted by Crippen LogP contribution is 2.20. The largest absolute Gasteiger partial charge is 0.386 e. The average Bonchev–Trinajstić information content (AvgIpc) is 2.58. The molecule has 2 heterocycles. The van der Waals surface area contributed by atoms with Crippen LogP contribution in [0.15, 0.2) is 29.0 Å². The van der Waals surface area contributed by atoms with Crippen LogP contribution in [0, 0.1) is 6.92 Å². The Labute approximate surface area is 108 Å². The van der Waals surface area contributed by atoms with Crippen molar-refractivity contribution < 1.29 is 5.11 Å². The molecule has 1 unspecified atom stereocenters. The Morgan fingerprint density at radius 1 is 1.41 bits per heavy atom. The summed E-state index contributed by atoms with van der Waals surface area (Å²) in [6, 6.07) is 3.86. The van der Waals surface area contributed by atoms with Gasteiger partial charge in [-0.1, -0.05) is 0 Å². The van der Waals surface area contributed by atoms with Crippen LogP contribution in [0.5, 0.6) is 0 Å². The molecule has 2 aromatic heterocycles. The molecule has 2 rings (SSSR count). The Kier molecular flexibility index (Phi) is 3.59. The lowest BCUT2D eigenvalue weighted by molar-refractivity contribution is 0.168. The van der Waals surface area contributed by atoms with Crippen molar-refractivity contribution in [1.82, 2.24) is 14.8 Å². The molecule has 17 heavy (non-hydrogen) atoms. The van der Waals surface area contributed by atoms with E-state index in [0.29, 0.717) is 6.42 Å². The third kappa shape index (κ3) is 2.92. The summed E-state index contributed by atoms with van der Waals surface area (Å²) < 4.78 is 2.63. The fourth-order valence-electron chi connectivity index (χ4n) is 1.84. The Bertz CT molecular complexity index is 524. The zero-order chi connectivity index (χ0) is 12.4. The van der Waals surface area contributed by atoms with Crippen molar-refractivity contribution >= 4 is 15.9 Å². The lowest BCUT2D eigenvalue weighted by Crippen LogP contribution is -2.08. The summed E-state index contributed by atoms with van der Waals surface area (Å²) in [6.45, 7) is 1.91. The predicted molar refractivity (Wildman–Crippen MR) is 68.5 cm³/mol. The molecule has 2 aromatic rings. The first-order valence-corrected chi connectivity index (χ1v) is 6.13. The van der Waals surface area contributed by atoms with Crippen molar-refractivity contribution in [1.29, 1.82) is 0 Å². The molecule has 0 radical (unpaired) electrons. The highest BCUT2D eigenvalue weighted by Gasteiger charge is 2.13. The van der Waals surface area contributed by atoms with E-state index >= 15 is 0 Å². The first-order valence-electron chi connectivity index (χ1n) is 5.34. The van der Waals surface area contributed by atoms with Crippen LogP contribution in [-0.2, 0) is 13.5 Å². The van der Waals surface area contributed by atoms with E-state index in [9.17, 15) is 5.11 Å². The van der Waals surface area contributed by atoms with Crippen LogP contribution >= 0.6 is 15.9 Å². The molecular weight excluding hydrogens is 282 g/mol. The molecule has 1 N–H and O–H groups in total. The minimum atomic E-state index is -0.558. The van der Waals surface area contributed by atoms with Crippen molar-refractivity contribution in [3.05, 3.63) is 46.0 Å². The van der Waals surface area contributed by atoms with Gasteiger partial charge in [0, 0.05) is 30.3 Å². The quantitative estimate of drug-likeness (QED) is 0.944. The number of pyridine rings is 1. The smallest absolute Gasteiger partial charge is 0.0997 e. The van der Waals surface area contributed by atoms with Gasteiger partial charge in [0.1, 0.15) is 0 Å². The van der Waals surface area contributed by atoms with Gasteiger partial charge in [-0.2, -0.15) is 5.10 Å². The second kappa shape index (κ2) is 4.98. The van der Waals surface area contributed by atoms with Gasteiger partial charge in [0.25, 0.3) is 0 Å². The number of rotatable bonds is 3. The SMILES string of the molecule is Cc1cc(C(O)Cc2cncc(Br)c2)n(C)n1. The minimum Gasteiger partial charge on any atom is -0.386 e. The lowest BCUT2D eigenvalue weighted by atomic mass is 10.1. The number of halogens is 1. The van der Waals surface area contributed by atoms with E-state index in [2.05, 4.69) is 26.0 Å². The molecule has 0 aromatic carbocycles. The second-order valence-electron chi connectivity index (χ2n) is 4.07. The molecule has 0 aliphatic rings. The van der Waals surface area contributed by atoms with Gasteiger partial charge in [0.05, 0.1) is 17.5 Å². The minimum absolute atomic E-state index is 0.533. The van der Waals surface area contributed by atoms with Crippen LogP contribution in [0.4, 0.5) is 0 Å². The van der Waals surface area contributed by atoms with Gasteiger partial charge in [-0.3, -0.25) is 9.67 Å². The van der Waals surface area contributed by atoms with Crippen LogP contribution in [0.3, 0.4) is 0 Å².